The summed E-state index contributed by atoms with van der Waals surface area (Å²) in [5.74, 6) is -0.323. The fourth-order valence-electron chi connectivity index (χ4n) is 1.74. The molecule has 1 aromatic carbocycles. The number of amides is 1. The van der Waals surface area contributed by atoms with E-state index in [4.69, 9.17) is 32.9 Å². The van der Waals surface area contributed by atoms with Crippen LogP contribution in [0.25, 0.3) is 0 Å². The number of rotatable bonds is 5. The molecule has 2 aromatic rings. The van der Waals surface area contributed by atoms with Crippen LogP contribution in [0.1, 0.15) is 17.4 Å². The van der Waals surface area contributed by atoms with Gasteiger partial charge in [-0.2, -0.15) is 8.42 Å². The van der Waals surface area contributed by atoms with E-state index in [2.05, 4.69) is 10.3 Å². The molecule has 0 saturated heterocycles. The molecule has 0 aliphatic rings. The van der Waals surface area contributed by atoms with E-state index in [0.29, 0.717) is 6.61 Å². The highest BCUT2D eigenvalue weighted by Gasteiger charge is 2.18. The highest BCUT2D eigenvalue weighted by atomic mass is 35.7. The van der Waals surface area contributed by atoms with Crippen LogP contribution in [0.4, 0.5) is 5.69 Å². The van der Waals surface area contributed by atoms with Gasteiger partial charge in [-0.25, -0.2) is 8.42 Å². The maximum absolute atomic E-state index is 12.0. The molecule has 1 heterocycles. The Morgan fingerprint density at radius 3 is 2.30 bits per heavy atom. The van der Waals surface area contributed by atoms with Crippen molar-refractivity contribution in [2.24, 2.45) is 0 Å². The first-order valence-corrected chi connectivity index (χ1v) is 10.8. The molecular formula is C14H15ClN2O8S2. The molecule has 27 heavy (non-hydrogen) atoms. The molecule has 0 unspecified atom stereocenters. The Balaban J connectivity index is 0.000000646. The van der Waals surface area contributed by atoms with Crippen molar-refractivity contribution in [1.82, 2.24) is 4.98 Å². The first-order chi connectivity index (χ1) is 12.4. The number of carbonyl (C=O) groups excluding carboxylic acids is 1. The van der Waals surface area contributed by atoms with Crippen molar-refractivity contribution in [3.05, 3.63) is 48.3 Å². The lowest BCUT2D eigenvalue weighted by molar-refractivity contribution is 0.102. The van der Waals surface area contributed by atoms with Gasteiger partial charge in [0.05, 0.1) is 6.61 Å². The molecule has 1 aromatic heterocycles. The predicted octanol–water partition coefficient (Wildman–Crippen LogP) is 2.01. The van der Waals surface area contributed by atoms with Crippen LogP contribution in [-0.4, -0.2) is 43.4 Å². The number of halogens is 1. The summed E-state index contributed by atoms with van der Waals surface area (Å²) in [6.45, 7) is 2.01. The summed E-state index contributed by atoms with van der Waals surface area (Å²) in [4.78, 5) is 15.7. The molecular weight excluding hydrogens is 424 g/mol. The van der Waals surface area contributed by atoms with E-state index in [1.54, 1.807) is 25.1 Å². The summed E-state index contributed by atoms with van der Waals surface area (Å²) in [5.41, 5.74) is 0.491. The third-order valence-corrected chi connectivity index (χ3v) is 4.00. The van der Waals surface area contributed by atoms with Crippen LogP contribution in [0, 0.1) is 0 Å². The molecule has 0 saturated carbocycles. The lowest BCUT2D eigenvalue weighted by Gasteiger charge is -2.10. The van der Waals surface area contributed by atoms with Crippen molar-refractivity contribution in [3.8, 4) is 5.75 Å². The fraction of sp³-hybridized carbons (Fsp3) is 0.143. The number of aromatic nitrogens is 1. The molecule has 0 spiro atoms. The second-order valence-corrected chi connectivity index (χ2v) is 8.08. The van der Waals surface area contributed by atoms with E-state index in [9.17, 15) is 13.2 Å². The number of anilines is 1. The number of ether oxygens (including phenoxy) is 1. The Hall–Kier alpha value is -2.25. The van der Waals surface area contributed by atoms with Crippen molar-refractivity contribution >= 4 is 41.7 Å². The second-order valence-electron chi connectivity index (χ2n) is 4.65. The SMILES string of the molecule is CCOc1ccc(NC(=O)c2ccccn2)cc1S(=O)(=O)Cl.O=S(=O)(O)O. The summed E-state index contributed by atoms with van der Waals surface area (Å²) >= 11 is 0. The summed E-state index contributed by atoms with van der Waals surface area (Å²) in [7, 11) is -3.27. The maximum Gasteiger partial charge on any atom is 0.394 e. The van der Waals surface area contributed by atoms with Gasteiger partial charge < -0.3 is 10.1 Å². The van der Waals surface area contributed by atoms with Crippen LogP contribution < -0.4 is 10.1 Å². The molecule has 0 aliphatic heterocycles. The third-order valence-electron chi connectivity index (χ3n) is 2.66. The quantitative estimate of drug-likeness (QED) is 0.468. The standard InChI is InChI=1S/C14H13ClN2O4S.H2O4S/c1-2-21-12-7-6-10(9-13(12)22(15,19)20)17-14(18)11-5-3-4-8-16-11;1-5(2,3)4/h3-9H,2H2,1H3,(H,17,18);(H2,1,2,3,4). The Kier molecular flexibility index (Phi) is 8.12. The van der Waals surface area contributed by atoms with Gasteiger partial charge in [-0.05, 0) is 37.3 Å². The number of pyridine rings is 1. The zero-order valence-electron chi connectivity index (χ0n) is 13.7. The van der Waals surface area contributed by atoms with E-state index in [-0.39, 0.29) is 22.0 Å². The summed E-state index contributed by atoms with van der Waals surface area (Å²) in [5, 5.41) is 2.56. The lowest BCUT2D eigenvalue weighted by Crippen LogP contribution is -2.13. The molecule has 3 N–H and O–H groups in total. The van der Waals surface area contributed by atoms with Gasteiger partial charge in [0, 0.05) is 22.6 Å². The number of nitrogens with zero attached hydrogens (tertiary/aromatic N) is 1. The van der Waals surface area contributed by atoms with E-state index in [1.807, 2.05) is 0 Å². The van der Waals surface area contributed by atoms with Crippen LogP contribution in [-0.2, 0) is 19.4 Å². The van der Waals surface area contributed by atoms with Gasteiger partial charge in [0.1, 0.15) is 16.3 Å². The molecule has 0 atom stereocenters. The molecule has 0 aliphatic carbocycles. The van der Waals surface area contributed by atoms with Crippen LogP contribution in [0.3, 0.4) is 0 Å². The zero-order chi connectivity index (χ0) is 20.7. The van der Waals surface area contributed by atoms with Gasteiger partial charge in [-0.3, -0.25) is 18.9 Å². The van der Waals surface area contributed by atoms with E-state index < -0.39 is 25.4 Å². The summed E-state index contributed by atoms with van der Waals surface area (Å²) in [6, 6.07) is 9.11. The normalized spacial score (nSPS) is 11.1. The van der Waals surface area contributed by atoms with Gasteiger partial charge >= 0.3 is 10.4 Å². The summed E-state index contributed by atoms with van der Waals surface area (Å²) in [6.07, 6.45) is 1.49. The van der Waals surface area contributed by atoms with Crippen LogP contribution in [0.2, 0.25) is 0 Å². The van der Waals surface area contributed by atoms with Crippen molar-refractivity contribution in [3.63, 3.8) is 0 Å². The van der Waals surface area contributed by atoms with E-state index >= 15 is 0 Å². The van der Waals surface area contributed by atoms with E-state index in [0.717, 1.165) is 0 Å². The Morgan fingerprint density at radius 1 is 1.19 bits per heavy atom. The molecule has 10 nitrogen and oxygen atoms in total. The topological polar surface area (TPSA) is 160 Å². The zero-order valence-corrected chi connectivity index (χ0v) is 16.1. The minimum atomic E-state index is -4.67. The van der Waals surface area contributed by atoms with E-state index in [1.165, 1.54) is 24.4 Å². The van der Waals surface area contributed by atoms with Gasteiger partial charge in [0.15, 0.2) is 0 Å². The molecule has 0 radical (unpaired) electrons. The molecule has 0 bridgehead atoms. The number of nitrogens with one attached hydrogen (secondary N) is 1. The number of hydrogen-bond donors (Lipinski definition) is 3. The van der Waals surface area contributed by atoms with Crippen molar-refractivity contribution in [1.29, 1.82) is 0 Å². The van der Waals surface area contributed by atoms with Crippen molar-refractivity contribution < 1.29 is 35.5 Å². The molecule has 148 valence electrons. The van der Waals surface area contributed by atoms with Crippen molar-refractivity contribution in [2.75, 3.05) is 11.9 Å². The van der Waals surface area contributed by atoms with Gasteiger partial charge in [-0.1, -0.05) is 6.07 Å². The monoisotopic (exact) mass is 438 g/mol. The molecule has 13 heteroatoms. The largest absolute Gasteiger partial charge is 0.492 e. The van der Waals surface area contributed by atoms with Crippen LogP contribution in [0.5, 0.6) is 5.75 Å². The Morgan fingerprint density at radius 2 is 1.81 bits per heavy atom. The predicted molar refractivity (Wildman–Crippen MR) is 97.0 cm³/mol. The fourth-order valence-corrected chi connectivity index (χ4v) is 2.74. The minimum Gasteiger partial charge on any atom is -0.492 e. The van der Waals surface area contributed by atoms with Crippen molar-refractivity contribution in [2.45, 2.75) is 11.8 Å². The van der Waals surface area contributed by atoms with Crippen LogP contribution >= 0.6 is 10.7 Å². The second kappa shape index (κ2) is 9.62. The highest BCUT2D eigenvalue weighted by molar-refractivity contribution is 8.13. The molecule has 0 fully saturated rings. The maximum atomic E-state index is 12.0. The number of benzene rings is 1. The minimum absolute atomic E-state index is 0.133. The van der Waals surface area contributed by atoms with Gasteiger partial charge in [0.25, 0.3) is 15.0 Å². The highest BCUT2D eigenvalue weighted by Crippen LogP contribution is 2.30. The Labute approximate surface area is 160 Å². The number of carbonyl (C=O) groups is 1. The van der Waals surface area contributed by atoms with Gasteiger partial charge in [0.2, 0.25) is 0 Å². The van der Waals surface area contributed by atoms with Gasteiger partial charge in [-0.15, -0.1) is 0 Å². The average Bonchev–Trinajstić information content (AvgIpc) is 2.55. The summed E-state index contributed by atoms with van der Waals surface area (Å²) < 4.78 is 60.0. The average molecular weight is 439 g/mol. The lowest BCUT2D eigenvalue weighted by atomic mass is 10.2. The van der Waals surface area contributed by atoms with Crippen LogP contribution in [0.15, 0.2) is 47.5 Å². The first kappa shape index (κ1) is 22.8. The molecule has 2 rings (SSSR count). The smallest absolute Gasteiger partial charge is 0.394 e. The molecule has 1 amide bonds. The Bertz CT molecular complexity index is 987. The third kappa shape index (κ3) is 8.79. The first-order valence-electron chi connectivity index (χ1n) is 7.05. The number of hydrogen-bond acceptors (Lipinski definition) is 7.